The van der Waals surface area contributed by atoms with Crippen molar-refractivity contribution >= 4 is 15.9 Å². The van der Waals surface area contributed by atoms with Crippen molar-refractivity contribution in [3.05, 3.63) is 59.7 Å². The molecule has 1 saturated carbocycles. The summed E-state index contributed by atoms with van der Waals surface area (Å²) in [5, 5.41) is 0. The summed E-state index contributed by atoms with van der Waals surface area (Å²) in [7, 11) is -2.36. The van der Waals surface area contributed by atoms with Crippen molar-refractivity contribution in [3.63, 3.8) is 0 Å². The van der Waals surface area contributed by atoms with Crippen LogP contribution in [0, 0.1) is 6.92 Å². The molecular weight excluding hydrogens is 326 g/mol. The topological polar surface area (TPSA) is 72.5 Å². The van der Waals surface area contributed by atoms with Gasteiger partial charge in [0, 0.05) is 5.56 Å². The van der Waals surface area contributed by atoms with Crippen LogP contribution in [0.25, 0.3) is 0 Å². The van der Waals surface area contributed by atoms with Crippen LogP contribution in [0.1, 0.15) is 24.0 Å². The zero-order valence-electron chi connectivity index (χ0n) is 13.6. The van der Waals surface area contributed by atoms with Crippen LogP contribution in [0.4, 0.5) is 0 Å². The molecule has 3 rings (SSSR count). The molecule has 0 unspecified atom stereocenters. The molecule has 0 heterocycles. The average Bonchev–Trinajstić information content (AvgIpc) is 3.36. The maximum atomic E-state index is 12.8. The van der Waals surface area contributed by atoms with E-state index in [1.807, 2.05) is 18.2 Å². The maximum absolute atomic E-state index is 12.8. The molecule has 5 nitrogen and oxygen atoms in total. The highest BCUT2D eigenvalue weighted by Crippen LogP contribution is 2.51. The molecule has 24 heavy (non-hydrogen) atoms. The summed E-state index contributed by atoms with van der Waals surface area (Å²) in [6.45, 7) is 1.70. The van der Waals surface area contributed by atoms with Gasteiger partial charge in [-0.2, -0.15) is 0 Å². The minimum absolute atomic E-state index is 0.120. The fourth-order valence-electron chi connectivity index (χ4n) is 2.92. The molecule has 2 aromatic rings. The fraction of sp³-hybridized carbons (Fsp3) is 0.278. The Bertz CT molecular complexity index is 885. The zero-order valence-corrected chi connectivity index (χ0v) is 14.4. The van der Waals surface area contributed by atoms with Crippen molar-refractivity contribution in [1.82, 2.24) is 4.72 Å². The number of nitrogens with one attached hydrogen (secondary N) is 1. The van der Waals surface area contributed by atoms with Crippen molar-refractivity contribution in [2.75, 3.05) is 7.11 Å². The molecule has 1 fully saturated rings. The summed E-state index contributed by atoms with van der Waals surface area (Å²) < 4.78 is 32.7. The minimum atomic E-state index is -3.90. The number of carbonyl (C=O) groups is 1. The second-order valence-corrected chi connectivity index (χ2v) is 7.63. The number of amides is 1. The minimum Gasteiger partial charge on any atom is -0.496 e. The zero-order chi connectivity index (χ0) is 17.4. The van der Waals surface area contributed by atoms with E-state index in [4.69, 9.17) is 4.74 Å². The number of aryl methyl sites for hydroxylation is 1. The molecule has 6 heteroatoms. The van der Waals surface area contributed by atoms with Gasteiger partial charge in [0.25, 0.3) is 10.0 Å². The summed E-state index contributed by atoms with van der Waals surface area (Å²) in [4.78, 5) is 12.9. The van der Waals surface area contributed by atoms with Gasteiger partial charge in [0.1, 0.15) is 5.75 Å². The largest absolute Gasteiger partial charge is 0.496 e. The Balaban J connectivity index is 1.91. The van der Waals surface area contributed by atoms with Crippen LogP contribution in [-0.4, -0.2) is 21.4 Å². The van der Waals surface area contributed by atoms with Gasteiger partial charge in [-0.1, -0.05) is 36.4 Å². The van der Waals surface area contributed by atoms with E-state index in [0.29, 0.717) is 24.2 Å². The summed E-state index contributed by atoms with van der Waals surface area (Å²) in [5.74, 6) is 0.0914. The van der Waals surface area contributed by atoms with E-state index in [2.05, 4.69) is 4.72 Å². The van der Waals surface area contributed by atoms with Crippen LogP contribution >= 0.6 is 0 Å². The predicted octanol–water partition coefficient (Wildman–Crippen LogP) is 2.54. The van der Waals surface area contributed by atoms with E-state index in [0.717, 1.165) is 5.56 Å². The third-order valence-electron chi connectivity index (χ3n) is 4.42. The Morgan fingerprint density at radius 2 is 1.71 bits per heavy atom. The Morgan fingerprint density at radius 1 is 1.08 bits per heavy atom. The third-order valence-corrected chi connectivity index (χ3v) is 5.91. The highest BCUT2D eigenvalue weighted by molar-refractivity contribution is 7.90. The van der Waals surface area contributed by atoms with Crippen molar-refractivity contribution in [2.45, 2.75) is 30.1 Å². The number of methoxy groups -OCH3 is 1. The molecule has 2 aromatic carbocycles. The van der Waals surface area contributed by atoms with Crippen LogP contribution in [0.5, 0.6) is 5.75 Å². The standard InChI is InChI=1S/C18H19NO4S/c1-13-7-3-6-10-16(13)24(21,22)19-17(20)18(11-12-18)14-8-4-5-9-15(14)23-2/h3-10H,11-12H2,1-2H3,(H,19,20). The first-order chi connectivity index (χ1) is 11.4. The second-order valence-electron chi connectivity index (χ2n) is 5.98. The average molecular weight is 345 g/mol. The second kappa shape index (κ2) is 5.94. The maximum Gasteiger partial charge on any atom is 0.264 e. The van der Waals surface area contributed by atoms with E-state index in [1.54, 1.807) is 31.2 Å². The van der Waals surface area contributed by atoms with E-state index in [9.17, 15) is 13.2 Å². The van der Waals surface area contributed by atoms with Gasteiger partial charge in [-0.25, -0.2) is 13.1 Å². The first kappa shape index (κ1) is 16.5. The summed E-state index contributed by atoms with van der Waals surface area (Å²) in [6.07, 6.45) is 1.20. The van der Waals surface area contributed by atoms with E-state index in [-0.39, 0.29) is 4.90 Å². The van der Waals surface area contributed by atoms with Crippen LogP contribution in [0.2, 0.25) is 0 Å². The van der Waals surface area contributed by atoms with Crippen molar-refractivity contribution < 1.29 is 17.9 Å². The molecule has 1 aliphatic carbocycles. The van der Waals surface area contributed by atoms with Crippen LogP contribution < -0.4 is 9.46 Å². The molecular formula is C18H19NO4S. The van der Waals surface area contributed by atoms with Crippen molar-refractivity contribution in [1.29, 1.82) is 0 Å². The Kier molecular flexibility index (Phi) is 4.09. The fourth-order valence-corrected chi connectivity index (χ4v) is 4.22. The lowest BCUT2D eigenvalue weighted by molar-refractivity contribution is -0.121. The molecule has 0 aromatic heterocycles. The lowest BCUT2D eigenvalue weighted by Gasteiger charge is -2.19. The van der Waals surface area contributed by atoms with E-state index < -0.39 is 21.3 Å². The van der Waals surface area contributed by atoms with Crippen molar-refractivity contribution in [3.8, 4) is 5.75 Å². The summed E-state index contributed by atoms with van der Waals surface area (Å²) in [5.41, 5.74) is 0.493. The molecule has 126 valence electrons. The number of sulfonamides is 1. The normalized spacial score (nSPS) is 15.6. The predicted molar refractivity (Wildman–Crippen MR) is 90.4 cm³/mol. The quantitative estimate of drug-likeness (QED) is 0.904. The van der Waals surface area contributed by atoms with Crippen molar-refractivity contribution in [2.24, 2.45) is 0 Å². The molecule has 0 radical (unpaired) electrons. The van der Waals surface area contributed by atoms with Crippen LogP contribution in [-0.2, 0) is 20.2 Å². The number of carbonyl (C=O) groups excluding carboxylic acids is 1. The van der Waals surface area contributed by atoms with E-state index >= 15 is 0 Å². The van der Waals surface area contributed by atoms with Gasteiger partial charge in [-0.3, -0.25) is 4.79 Å². The number of para-hydroxylation sites is 1. The van der Waals surface area contributed by atoms with Gasteiger partial charge in [-0.15, -0.1) is 0 Å². The lowest BCUT2D eigenvalue weighted by Crippen LogP contribution is -2.39. The number of hydrogen-bond acceptors (Lipinski definition) is 4. The van der Waals surface area contributed by atoms with E-state index in [1.165, 1.54) is 13.2 Å². The number of hydrogen-bond donors (Lipinski definition) is 1. The van der Waals surface area contributed by atoms with Gasteiger partial charge in [0.05, 0.1) is 17.4 Å². The first-order valence-corrected chi connectivity index (χ1v) is 9.15. The monoisotopic (exact) mass is 345 g/mol. The lowest BCUT2D eigenvalue weighted by atomic mass is 9.94. The molecule has 0 aliphatic heterocycles. The summed E-state index contributed by atoms with van der Waals surface area (Å²) in [6, 6.07) is 13.8. The van der Waals surface area contributed by atoms with Gasteiger partial charge >= 0.3 is 0 Å². The summed E-state index contributed by atoms with van der Waals surface area (Å²) >= 11 is 0. The van der Waals surface area contributed by atoms with Crippen LogP contribution in [0.15, 0.2) is 53.4 Å². The Morgan fingerprint density at radius 3 is 2.33 bits per heavy atom. The Labute approximate surface area is 141 Å². The van der Waals surface area contributed by atoms with Gasteiger partial charge in [0.2, 0.25) is 5.91 Å². The third kappa shape index (κ3) is 2.78. The molecule has 0 saturated heterocycles. The number of benzene rings is 2. The number of ether oxygens (including phenoxy) is 1. The SMILES string of the molecule is COc1ccccc1C1(C(=O)NS(=O)(=O)c2ccccc2C)CC1. The highest BCUT2D eigenvalue weighted by Gasteiger charge is 2.53. The molecule has 1 N–H and O–H groups in total. The van der Waals surface area contributed by atoms with Crippen LogP contribution in [0.3, 0.4) is 0 Å². The first-order valence-electron chi connectivity index (χ1n) is 7.67. The van der Waals surface area contributed by atoms with Gasteiger partial charge < -0.3 is 4.74 Å². The number of rotatable bonds is 5. The molecule has 0 atom stereocenters. The molecule has 1 aliphatic rings. The Hall–Kier alpha value is -2.34. The highest BCUT2D eigenvalue weighted by atomic mass is 32.2. The molecule has 0 bridgehead atoms. The smallest absolute Gasteiger partial charge is 0.264 e. The molecule has 1 amide bonds. The van der Waals surface area contributed by atoms with Gasteiger partial charge in [-0.05, 0) is 37.5 Å². The van der Waals surface area contributed by atoms with Gasteiger partial charge in [0.15, 0.2) is 0 Å². The molecule has 0 spiro atoms.